The van der Waals surface area contributed by atoms with Crippen LogP contribution in [0.25, 0.3) is 0 Å². The molecule has 1 unspecified atom stereocenters. The van der Waals surface area contributed by atoms with Gasteiger partial charge in [-0.15, -0.1) is 0 Å². The zero-order valence-corrected chi connectivity index (χ0v) is 11.7. The van der Waals surface area contributed by atoms with Crippen molar-refractivity contribution in [2.24, 2.45) is 0 Å². The van der Waals surface area contributed by atoms with E-state index in [0.29, 0.717) is 0 Å². The van der Waals surface area contributed by atoms with E-state index in [9.17, 15) is 0 Å². The molecular formula is C16H20N2O. The minimum absolute atomic E-state index is 0.223. The van der Waals surface area contributed by atoms with E-state index < -0.39 is 0 Å². The summed E-state index contributed by atoms with van der Waals surface area (Å²) < 4.78 is 5.38. The van der Waals surface area contributed by atoms with Crippen molar-refractivity contribution in [3.8, 4) is 5.75 Å². The highest BCUT2D eigenvalue weighted by Crippen LogP contribution is 2.26. The molecule has 0 aliphatic rings. The number of hydrogen-bond donors (Lipinski definition) is 1. The first kappa shape index (κ1) is 13.6. The fraction of sp³-hybridized carbons (Fsp3) is 0.312. The fourth-order valence-corrected chi connectivity index (χ4v) is 2.18. The molecule has 0 bridgehead atoms. The van der Waals surface area contributed by atoms with E-state index in [4.69, 9.17) is 4.74 Å². The summed E-state index contributed by atoms with van der Waals surface area (Å²) in [6.07, 6.45) is 4.49. The van der Waals surface area contributed by atoms with Crippen LogP contribution in [0.3, 0.4) is 0 Å². The molecule has 0 saturated heterocycles. The third-order valence-corrected chi connectivity index (χ3v) is 3.32. The lowest BCUT2D eigenvalue weighted by molar-refractivity contribution is 0.399. The molecule has 3 heteroatoms. The first-order valence-electron chi connectivity index (χ1n) is 6.45. The topological polar surface area (TPSA) is 34.2 Å². The molecule has 0 saturated carbocycles. The van der Waals surface area contributed by atoms with E-state index in [-0.39, 0.29) is 6.04 Å². The Balaban J connectivity index is 2.22. The van der Waals surface area contributed by atoms with Gasteiger partial charge in [-0.05, 0) is 32.0 Å². The van der Waals surface area contributed by atoms with Gasteiger partial charge < -0.3 is 10.1 Å². The second-order valence-electron chi connectivity index (χ2n) is 4.65. The third-order valence-electron chi connectivity index (χ3n) is 3.32. The molecule has 1 aromatic carbocycles. The standard InChI is InChI=1S/C16H20N2O/c1-12-4-6-13(7-5-12)10-15(17-2)14-8-9-18-11-16(14)19-3/h4-9,11,15,17H,10H2,1-3H3. The monoisotopic (exact) mass is 256 g/mol. The maximum Gasteiger partial charge on any atom is 0.141 e. The minimum Gasteiger partial charge on any atom is -0.495 e. The van der Waals surface area contributed by atoms with Crippen molar-refractivity contribution in [3.63, 3.8) is 0 Å². The zero-order chi connectivity index (χ0) is 13.7. The lowest BCUT2D eigenvalue weighted by Crippen LogP contribution is -2.19. The second kappa shape index (κ2) is 6.34. The average Bonchev–Trinajstić information content (AvgIpc) is 2.46. The number of nitrogens with zero attached hydrogens (tertiary/aromatic N) is 1. The molecule has 0 amide bonds. The van der Waals surface area contributed by atoms with Crippen LogP contribution in [-0.2, 0) is 6.42 Å². The molecule has 100 valence electrons. The molecule has 2 aromatic rings. The lowest BCUT2D eigenvalue weighted by atomic mass is 9.98. The number of aryl methyl sites for hydroxylation is 1. The summed E-state index contributed by atoms with van der Waals surface area (Å²) in [4.78, 5) is 4.10. The first-order chi connectivity index (χ1) is 9.24. The summed E-state index contributed by atoms with van der Waals surface area (Å²) in [5.74, 6) is 0.828. The van der Waals surface area contributed by atoms with Crippen LogP contribution >= 0.6 is 0 Å². The van der Waals surface area contributed by atoms with E-state index in [2.05, 4.69) is 41.5 Å². The van der Waals surface area contributed by atoms with E-state index in [1.54, 1.807) is 19.5 Å². The van der Waals surface area contributed by atoms with Crippen LogP contribution in [0.4, 0.5) is 0 Å². The molecule has 1 N–H and O–H groups in total. The van der Waals surface area contributed by atoms with Crippen molar-refractivity contribution in [1.82, 2.24) is 10.3 Å². The van der Waals surface area contributed by atoms with E-state index in [0.717, 1.165) is 17.7 Å². The van der Waals surface area contributed by atoms with Crippen molar-refractivity contribution < 1.29 is 4.74 Å². The Morgan fingerprint density at radius 3 is 2.58 bits per heavy atom. The summed E-state index contributed by atoms with van der Waals surface area (Å²) in [5.41, 5.74) is 3.73. The van der Waals surface area contributed by atoms with Crippen LogP contribution in [0.5, 0.6) is 5.75 Å². The van der Waals surface area contributed by atoms with Crippen molar-refractivity contribution >= 4 is 0 Å². The number of pyridine rings is 1. The predicted octanol–water partition coefficient (Wildman–Crippen LogP) is 2.90. The van der Waals surface area contributed by atoms with Crippen LogP contribution in [0, 0.1) is 6.92 Å². The maximum atomic E-state index is 5.38. The zero-order valence-electron chi connectivity index (χ0n) is 11.7. The highest BCUT2D eigenvalue weighted by molar-refractivity contribution is 5.34. The van der Waals surface area contributed by atoms with Gasteiger partial charge in [-0.3, -0.25) is 4.98 Å². The Morgan fingerprint density at radius 1 is 1.21 bits per heavy atom. The molecule has 1 aromatic heterocycles. The molecule has 1 atom stereocenters. The Hall–Kier alpha value is -1.87. The second-order valence-corrected chi connectivity index (χ2v) is 4.65. The molecule has 0 radical (unpaired) electrons. The lowest BCUT2D eigenvalue weighted by Gasteiger charge is -2.19. The van der Waals surface area contributed by atoms with Gasteiger partial charge in [0.05, 0.1) is 13.3 Å². The van der Waals surface area contributed by atoms with Gasteiger partial charge in [0.15, 0.2) is 0 Å². The van der Waals surface area contributed by atoms with Crippen molar-refractivity contribution in [2.45, 2.75) is 19.4 Å². The molecule has 1 heterocycles. The summed E-state index contributed by atoms with van der Waals surface area (Å²) in [6, 6.07) is 10.9. The van der Waals surface area contributed by atoms with Gasteiger partial charge in [0, 0.05) is 17.8 Å². The molecule has 0 aliphatic heterocycles. The summed E-state index contributed by atoms with van der Waals surface area (Å²) in [5, 5.41) is 3.35. The van der Waals surface area contributed by atoms with Gasteiger partial charge in [-0.2, -0.15) is 0 Å². The van der Waals surface area contributed by atoms with E-state index >= 15 is 0 Å². The largest absolute Gasteiger partial charge is 0.495 e. The number of hydrogen-bond acceptors (Lipinski definition) is 3. The Labute approximate surface area is 114 Å². The van der Waals surface area contributed by atoms with Gasteiger partial charge in [0.2, 0.25) is 0 Å². The summed E-state index contributed by atoms with van der Waals surface area (Å²) in [7, 11) is 3.65. The van der Waals surface area contributed by atoms with Gasteiger partial charge >= 0.3 is 0 Å². The highest BCUT2D eigenvalue weighted by atomic mass is 16.5. The first-order valence-corrected chi connectivity index (χ1v) is 6.45. The van der Waals surface area contributed by atoms with Crippen LogP contribution in [0.2, 0.25) is 0 Å². The SMILES string of the molecule is CNC(Cc1ccc(C)cc1)c1ccncc1OC. The molecule has 19 heavy (non-hydrogen) atoms. The Morgan fingerprint density at radius 2 is 1.95 bits per heavy atom. The van der Waals surface area contributed by atoms with Crippen LogP contribution in [0.15, 0.2) is 42.7 Å². The third kappa shape index (κ3) is 3.32. The van der Waals surface area contributed by atoms with Crippen LogP contribution in [-0.4, -0.2) is 19.1 Å². The maximum absolute atomic E-state index is 5.38. The summed E-state index contributed by atoms with van der Waals surface area (Å²) in [6.45, 7) is 2.10. The van der Waals surface area contributed by atoms with Crippen molar-refractivity contribution in [1.29, 1.82) is 0 Å². The molecular weight excluding hydrogens is 236 g/mol. The van der Waals surface area contributed by atoms with Gasteiger partial charge in [0.1, 0.15) is 5.75 Å². The van der Waals surface area contributed by atoms with Crippen molar-refractivity contribution in [2.75, 3.05) is 14.2 Å². The molecule has 0 spiro atoms. The van der Waals surface area contributed by atoms with E-state index in [1.807, 2.05) is 13.1 Å². The number of aromatic nitrogens is 1. The number of rotatable bonds is 5. The number of methoxy groups -OCH3 is 1. The van der Waals surface area contributed by atoms with Crippen molar-refractivity contribution in [3.05, 3.63) is 59.4 Å². The van der Waals surface area contributed by atoms with Gasteiger partial charge in [-0.25, -0.2) is 0 Å². The minimum atomic E-state index is 0.223. The van der Waals surface area contributed by atoms with Crippen LogP contribution < -0.4 is 10.1 Å². The number of nitrogens with one attached hydrogen (secondary N) is 1. The van der Waals surface area contributed by atoms with Gasteiger partial charge in [-0.1, -0.05) is 29.8 Å². The fourth-order valence-electron chi connectivity index (χ4n) is 2.18. The Bertz CT molecular complexity index is 523. The number of benzene rings is 1. The highest BCUT2D eigenvalue weighted by Gasteiger charge is 2.14. The van der Waals surface area contributed by atoms with E-state index in [1.165, 1.54) is 11.1 Å². The van der Waals surface area contributed by atoms with Gasteiger partial charge in [0.25, 0.3) is 0 Å². The summed E-state index contributed by atoms with van der Waals surface area (Å²) >= 11 is 0. The smallest absolute Gasteiger partial charge is 0.141 e. The number of likely N-dealkylation sites (N-methyl/N-ethyl adjacent to an activating group) is 1. The molecule has 0 aliphatic carbocycles. The molecule has 3 nitrogen and oxygen atoms in total. The number of ether oxygens (including phenoxy) is 1. The molecule has 0 fully saturated rings. The molecule has 2 rings (SSSR count). The van der Waals surface area contributed by atoms with Crippen LogP contribution in [0.1, 0.15) is 22.7 Å². The quantitative estimate of drug-likeness (QED) is 0.893. The predicted molar refractivity (Wildman–Crippen MR) is 77.5 cm³/mol. The average molecular weight is 256 g/mol. The Kier molecular flexibility index (Phi) is 4.53. The normalized spacial score (nSPS) is 12.2.